The number of hydrogen-bond acceptors (Lipinski definition) is 6. The van der Waals surface area contributed by atoms with E-state index in [2.05, 4.69) is 9.98 Å². The van der Waals surface area contributed by atoms with Gasteiger partial charge in [0, 0.05) is 18.0 Å². The van der Waals surface area contributed by atoms with Gasteiger partial charge in [0.05, 0.1) is 17.7 Å². The van der Waals surface area contributed by atoms with Gasteiger partial charge in [-0.15, -0.1) is 11.3 Å². The van der Waals surface area contributed by atoms with Crippen molar-refractivity contribution in [3.63, 3.8) is 0 Å². The molecule has 1 unspecified atom stereocenters. The normalized spacial score (nSPS) is 17.0. The van der Waals surface area contributed by atoms with Crippen molar-refractivity contribution in [1.29, 1.82) is 0 Å². The minimum absolute atomic E-state index is 0.0501. The van der Waals surface area contributed by atoms with Crippen molar-refractivity contribution in [3.8, 4) is 5.75 Å². The molecule has 3 rings (SSSR count). The Labute approximate surface area is 160 Å². The summed E-state index contributed by atoms with van der Waals surface area (Å²) in [5.41, 5.74) is 1.59. The summed E-state index contributed by atoms with van der Waals surface area (Å²) in [4.78, 5) is 34.7. The summed E-state index contributed by atoms with van der Waals surface area (Å²) < 4.78 is 5.26. The van der Waals surface area contributed by atoms with Crippen LogP contribution in [0, 0.1) is 6.92 Å². The molecule has 1 amide bonds. The molecule has 1 atom stereocenters. The van der Waals surface area contributed by atoms with Gasteiger partial charge in [0.2, 0.25) is 5.91 Å². The quantitative estimate of drug-likeness (QED) is 0.873. The molecule has 1 aromatic heterocycles. The summed E-state index contributed by atoms with van der Waals surface area (Å²) in [6.45, 7) is 4.86. The predicted molar refractivity (Wildman–Crippen MR) is 102 cm³/mol. The summed E-state index contributed by atoms with van der Waals surface area (Å²) >= 11 is 1.44. The van der Waals surface area contributed by atoms with Gasteiger partial charge in [0.15, 0.2) is 5.84 Å². The summed E-state index contributed by atoms with van der Waals surface area (Å²) in [7, 11) is 1.55. The van der Waals surface area contributed by atoms with E-state index in [0.717, 1.165) is 5.01 Å². The first-order valence-corrected chi connectivity index (χ1v) is 9.10. The summed E-state index contributed by atoms with van der Waals surface area (Å²) in [6, 6.07) is 6.32. The van der Waals surface area contributed by atoms with Gasteiger partial charge >= 0.3 is 5.97 Å². The summed E-state index contributed by atoms with van der Waals surface area (Å²) in [6.07, 6.45) is 0. The van der Waals surface area contributed by atoms with E-state index < -0.39 is 12.0 Å². The van der Waals surface area contributed by atoms with E-state index in [4.69, 9.17) is 4.74 Å². The average Bonchev–Trinajstić information content (AvgIpc) is 3.06. The highest BCUT2D eigenvalue weighted by atomic mass is 32.1. The third-order valence-electron chi connectivity index (χ3n) is 4.26. The fraction of sp³-hybridized carbons (Fsp3) is 0.263. The van der Waals surface area contributed by atoms with Crippen molar-refractivity contribution in [1.82, 2.24) is 9.88 Å². The number of carbonyl (C=O) groups is 2. The second-order valence-electron chi connectivity index (χ2n) is 6.04. The summed E-state index contributed by atoms with van der Waals surface area (Å²) in [5, 5.41) is 12.5. The number of thiazole rings is 1. The molecule has 0 fully saturated rings. The number of amidine groups is 1. The summed E-state index contributed by atoms with van der Waals surface area (Å²) in [5.74, 6) is -0.490. The molecular formula is C19H19N3O4S. The molecule has 2 aromatic rings. The fourth-order valence-electron chi connectivity index (χ4n) is 3.08. The van der Waals surface area contributed by atoms with Gasteiger partial charge in [0.1, 0.15) is 17.5 Å². The van der Waals surface area contributed by atoms with Crippen molar-refractivity contribution in [2.24, 2.45) is 4.99 Å². The van der Waals surface area contributed by atoms with Crippen molar-refractivity contribution in [2.45, 2.75) is 26.8 Å². The van der Waals surface area contributed by atoms with E-state index in [1.165, 1.54) is 23.2 Å². The van der Waals surface area contributed by atoms with Crippen LogP contribution in [0.1, 0.15) is 36.2 Å². The van der Waals surface area contributed by atoms with E-state index in [0.29, 0.717) is 28.5 Å². The van der Waals surface area contributed by atoms with Crippen molar-refractivity contribution < 1.29 is 19.4 Å². The largest absolute Gasteiger partial charge is 0.497 e. The topological polar surface area (TPSA) is 92.1 Å². The lowest BCUT2D eigenvalue weighted by Crippen LogP contribution is -2.40. The molecule has 2 heterocycles. The van der Waals surface area contributed by atoms with Crippen LogP contribution in [0.3, 0.4) is 0 Å². The molecule has 0 saturated carbocycles. The van der Waals surface area contributed by atoms with Crippen LogP contribution in [0.4, 0.5) is 0 Å². The number of allylic oxidation sites excluding steroid dienone is 1. The molecule has 0 bridgehead atoms. The number of rotatable bonds is 4. The molecular weight excluding hydrogens is 366 g/mol. The lowest BCUT2D eigenvalue weighted by molar-refractivity contribution is -0.133. The zero-order valence-electron chi connectivity index (χ0n) is 15.4. The Balaban J connectivity index is 2.23. The van der Waals surface area contributed by atoms with E-state index in [1.807, 2.05) is 12.3 Å². The smallest absolute Gasteiger partial charge is 0.335 e. The van der Waals surface area contributed by atoms with Gasteiger partial charge in [-0.1, -0.05) is 12.1 Å². The number of aromatic nitrogens is 1. The van der Waals surface area contributed by atoms with Gasteiger partial charge in [-0.05, 0) is 31.5 Å². The number of amides is 1. The molecule has 1 N–H and O–H groups in total. The van der Waals surface area contributed by atoms with Gasteiger partial charge < -0.3 is 9.84 Å². The van der Waals surface area contributed by atoms with Crippen molar-refractivity contribution in [2.75, 3.05) is 7.11 Å². The fourth-order valence-corrected chi connectivity index (χ4v) is 3.67. The number of carboxylic acid groups (broad SMARTS) is 1. The Morgan fingerprint density at radius 2 is 2.04 bits per heavy atom. The van der Waals surface area contributed by atoms with Crippen LogP contribution in [0.2, 0.25) is 0 Å². The maximum Gasteiger partial charge on any atom is 0.335 e. The van der Waals surface area contributed by atoms with Crippen molar-refractivity contribution in [3.05, 3.63) is 57.2 Å². The van der Waals surface area contributed by atoms with Crippen LogP contribution in [0.25, 0.3) is 0 Å². The van der Waals surface area contributed by atoms with Gasteiger partial charge in [-0.25, -0.2) is 9.78 Å². The lowest BCUT2D eigenvalue weighted by atomic mass is 9.95. The van der Waals surface area contributed by atoms with E-state index in [-0.39, 0.29) is 11.5 Å². The third kappa shape index (κ3) is 3.48. The molecule has 1 aliphatic rings. The van der Waals surface area contributed by atoms with Crippen molar-refractivity contribution >= 4 is 29.0 Å². The number of carbonyl (C=O) groups excluding carboxylic acids is 1. The van der Waals surface area contributed by atoms with Crippen LogP contribution in [-0.2, 0) is 9.59 Å². The molecule has 0 aliphatic carbocycles. The van der Waals surface area contributed by atoms with Crippen LogP contribution >= 0.6 is 11.3 Å². The third-order valence-corrected chi connectivity index (χ3v) is 5.04. The maximum absolute atomic E-state index is 12.3. The number of carboxylic acids is 1. The zero-order valence-corrected chi connectivity index (χ0v) is 16.2. The number of aliphatic carboxylic acids is 1. The molecule has 8 heteroatoms. The highest BCUT2D eigenvalue weighted by Gasteiger charge is 2.36. The Hall–Kier alpha value is -3.00. The van der Waals surface area contributed by atoms with E-state index in [9.17, 15) is 14.7 Å². The molecule has 140 valence electrons. The number of benzene rings is 1. The first-order chi connectivity index (χ1) is 12.8. The second kappa shape index (κ2) is 7.32. The van der Waals surface area contributed by atoms with E-state index in [1.54, 1.807) is 38.3 Å². The van der Waals surface area contributed by atoms with Gasteiger partial charge in [0.25, 0.3) is 0 Å². The lowest BCUT2D eigenvalue weighted by Gasteiger charge is -2.32. The SMILES string of the molecule is COc1cccc(C2N=C(c3csc(C)n3)N(C(C)=O)C(C)=C2C(=O)O)c1. The molecule has 0 saturated heterocycles. The standard InChI is InChI=1S/C19H19N3O4S/c1-10-16(19(24)25)17(13-6-5-7-14(8-13)26-4)21-18(22(10)12(3)23)15-9-27-11(2)20-15/h5-9,17H,1-4H3,(H,24,25). The number of ether oxygens (including phenoxy) is 1. The van der Waals surface area contributed by atoms with Crippen LogP contribution in [-0.4, -0.2) is 39.8 Å². The Morgan fingerprint density at radius 3 is 2.59 bits per heavy atom. The van der Waals surface area contributed by atoms with Gasteiger partial charge in [-0.2, -0.15) is 0 Å². The minimum atomic E-state index is -1.12. The number of hydrogen-bond donors (Lipinski definition) is 1. The Kier molecular flexibility index (Phi) is 5.09. The Bertz CT molecular complexity index is 977. The second-order valence-corrected chi connectivity index (χ2v) is 7.10. The van der Waals surface area contributed by atoms with Gasteiger partial charge in [-0.3, -0.25) is 14.7 Å². The highest BCUT2D eigenvalue weighted by molar-refractivity contribution is 7.09. The number of nitrogens with zero attached hydrogens (tertiary/aromatic N) is 3. The highest BCUT2D eigenvalue weighted by Crippen LogP contribution is 2.36. The molecule has 0 radical (unpaired) electrons. The first kappa shape index (κ1) is 18.8. The molecule has 1 aromatic carbocycles. The number of aliphatic imine (C=N–C) groups is 1. The monoisotopic (exact) mass is 385 g/mol. The predicted octanol–water partition coefficient (Wildman–Crippen LogP) is 3.17. The maximum atomic E-state index is 12.3. The molecule has 1 aliphatic heterocycles. The van der Waals surface area contributed by atoms with Crippen LogP contribution < -0.4 is 4.74 Å². The molecule has 27 heavy (non-hydrogen) atoms. The number of methoxy groups -OCH3 is 1. The van der Waals surface area contributed by atoms with E-state index >= 15 is 0 Å². The van der Waals surface area contributed by atoms with Crippen LogP contribution in [0.5, 0.6) is 5.75 Å². The minimum Gasteiger partial charge on any atom is -0.497 e. The van der Waals surface area contributed by atoms with Crippen LogP contribution in [0.15, 0.2) is 45.9 Å². The first-order valence-electron chi connectivity index (χ1n) is 8.22. The molecule has 0 spiro atoms. The zero-order chi connectivity index (χ0) is 19.7. The Morgan fingerprint density at radius 1 is 1.30 bits per heavy atom. The molecule has 7 nitrogen and oxygen atoms in total. The number of aryl methyl sites for hydroxylation is 1. The average molecular weight is 385 g/mol.